The first-order chi connectivity index (χ1) is 11.7. The molecule has 2 aromatic rings. The lowest BCUT2D eigenvalue weighted by molar-refractivity contribution is -0.113. The van der Waals surface area contributed by atoms with Gasteiger partial charge in [0, 0.05) is 11.3 Å². The molecule has 1 N–H and O–H groups in total. The summed E-state index contributed by atoms with van der Waals surface area (Å²) in [4.78, 5) is 23.9. The molecule has 2 rings (SSSR count). The van der Waals surface area contributed by atoms with E-state index in [4.69, 9.17) is 0 Å². The van der Waals surface area contributed by atoms with Crippen LogP contribution in [0.3, 0.4) is 0 Å². The second-order valence-corrected chi connectivity index (χ2v) is 6.62. The van der Waals surface area contributed by atoms with Crippen LogP contribution in [-0.4, -0.2) is 23.2 Å². The molecule has 0 unspecified atom stereocenters. The number of anilines is 1. The van der Waals surface area contributed by atoms with Crippen molar-refractivity contribution in [3.8, 4) is 0 Å². The number of aryl methyl sites for hydroxylation is 1. The summed E-state index contributed by atoms with van der Waals surface area (Å²) in [6.45, 7) is 2.18. The highest BCUT2D eigenvalue weighted by atomic mass is 32.2. The topological polar surface area (TPSA) is 46.2 Å². The van der Waals surface area contributed by atoms with E-state index in [0.717, 1.165) is 12.1 Å². The van der Waals surface area contributed by atoms with Crippen LogP contribution < -0.4 is 5.32 Å². The molecule has 2 aromatic carbocycles. The Morgan fingerprint density at radius 1 is 0.958 bits per heavy atom. The van der Waals surface area contributed by atoms with Gasteiger partial charge in [0.2, 0.25) is 5.91 Å². The fourth-order valence-electron chi connectivity index (χ4n) is 2.28. The van der Waals surface area contributed by atoms with Crippen molar-refractivity contribution in [3.63, 3.8) is 0 Å². The molecule has 0 aliphatic rings. The van der Waals surface area contributed by atoms with Gasteiger partial charge in [0.15, 0.2) is 5.78 Å². The average molecular weight is 341 g/mol. The lowest BCUT2D eigenvalue weighted by Gasteiger charge is -2.06. The van der Waals surface area contributed by atoms with Gasteiger partial charge < -0.3 is 5.32 Å². The number of carbonyl (C=O) groups excluding carboxylic acids is 2. The smallest absolute Gasteiger partial charge is 0.234 e. The number of amides is 1. The van der Waals surface area contributed by atoms with E-state index in [2.05, 4.69) is 24.4 Å². The number of unbranched alkanes of at least 4 members (excludes halogenated alkanes) is 1. The number of carbonyl (C=O) groups is 2. The summed E-state index contributed by atoms with van der Waals surface area (Å²) in [5.74, 6) is 0.555. The minimum Gasteiger partial charge on any atom is -0.325 e. The molecule has 0 spiro atoms. The SMILES string of the molecule is CCCCc1ccc(NC(=O)CSCC(=O)c2ccccc2)cc1. The molecule has 0 aromatic heterocycles. The number of nitrogens with one attached hydrogen (secondary N) is 1. The minimum absolute atomic E-state index is 0.0497. The summed E-state index contributed by atoms with van der Waals surface area (Å²) in [7, 11) is 0. The van der Waals surface area contributed by atoms with Crippen LogP contribution >= 0.6 is 11.8 Å². The van der Waals surface area contributed by atoms with E-state index >= 15 is 0 Å². The van der Waals surface area contributed by atoms with E-state index in [0.29, 0.717) is 11.3 Å². The van der Waals surface area contributed by atoms with Crippen LogP contribution in [0.15, 0.2) is 54.6 Å². The number of thioether (sulfide) groups is 1. The first kappa shape index (κ1) is 18.3. The van der Waals surface area contributed by atoms with Gasteiger partial charge in [-0.05, 0) is 30.5 Å². The van der Waals surface area contributed by atoms with Gasteiger partial charge in [-0.2, -0.15) is 0 Å². The van der Waals surface area contributed by atoms with E-state index in [1.807, 2.05) is 30.3 Å². The van der Waals surface area contributed by atoms with Gasteiger partial charge in [0.05, 0.1) is 11.5 Å². The van der Waals surface area contributed by atoms with E-state index < -0.39 is 0 Å². The van der Waals surface area contributed by atoms with E-state index in [9.17, 15) is 9.59 Å². The number of Topliss-reactive ketones (excluding diaryl/α,β-unsaturated/α-hetero) is 1. The van der Waals surface area contributed by atoms with Gasteiger partial charge in [-0.25, -0.2) is 0 Å². The van der Waals surface area contributed by atoms with Crippen molar-refractivity contribution in [2.75, 3.05) is 16.8 Å². The van der Waals surface area contributed by atoms with Crippen LogP contribution in [0.2, 0.25) is 0 Å². The number of ketones is 1. The molecule has 0 radical (unpaired) electrons. The van der Waals surface area contributed by atoms with Crippen LogP contribution in [0, 0.1) is 0 Å². The molecule has 1 amide bonds. The largest absolute Gasteiger partial charge is 0.325 e. The molecular weight excluding hydrogens is 318 g/mol. The van der Waals surface area contributed by atoms with Crippen molar-refractivity contribution in [1.29, 1.82) is 0 Å². The van der Waals surface area contributed by atoms with E-state index in [1.54, 1.807) is 12.1 Å². The molecular formula is C20H23NO2S. The zero-order chi connectivity index (χ0) is 17.2. The summed E-state index contributed by atoms with van der Waals surface area (Å²) in [5.41, 5.74) is 2.78. The fourth-order valence-corrected chi connectivity index (χ4v) is 2.99. The second kappa shape index (κ2) is 9.93. The van der Waals surface area contributed by atoms with Crippen LogP contribution in [-0.2, 0) is 11.2 Å². The second-order valence-electron chi connectivity index (χ2n) is 5.63. The predicted octanol–water partition coefficient (Wildman–Crippen LogP) is 4.58. The molecule has 0 aliphatic heterocycles. The Morgan fingerprint density at radius 3 is 2.33 bits per heavy atom. The summed E-state index contributed by atoms with van der Waals surface area (Å²) in [6.07, 6.45) is 3.43. The van der Waals surface area contributed by atoms with E-state index in [-0.39, 0.29) is 17.4 Å². The van der Waals surface area contributed by atoms with Gasteiger partial charge in [0.25, 0.3) is 0 Å². The third-order valence-electron chi connectivity index (χ3n) is 3.62. The number of hydrogen-bond donors (Lipinski definition) is 1. The van der Waals surface area contributed by atoms with Gasteiger partial charge in [-0.3, -0.25) is 9.59 Å². The van der Waals surface area contributed by atoms with E-state index in [1.165, 1.54) is 30.2 Å². The third-order valence-corrected chi connectivity index (χ3v) is 4.55. The molecule has 0 aliphatic carbocycles. The van der Waals surface area contributed by atoms with Crippen molar-refractivity contribution in [1.82, 2.24) is 0 Å². The molecule has 4 heteroatoms. The highest BCUT2D eigenvalue weighted by molar-refractivity contribution is 8.00. The highest BCUT2D eigenvalue weighted by Gasteiger charge is 2.08. The van der Waals surface area contributed by atoms with Crippen LogP contribution in [0.5, 0.6) is 0 Å². The number of benzene rings is 2. The third kappa shape index (κ3) is 6.20. The summed E-state index contributed by atoms with van der Waals surface area (Å²) in [5, 5.41) is 2.87. The normalized spacial score (nSPS) is 10.4. The molecule has 0 atom stereocenters. The Morgan fingerprint density at radius 2 is 1.67 bits per heavy atom. The Hall–Kier alpha value is -2.07. The zero-order valence-electron chi connectivity index (χ0n) is 14.0. The summed E-state index contributed by atoms with van der Waals surface area (Å²) < 4.78 is 0. The Bertz CT molecular complexity index is 653. The molecule has 3 nitrogen and oxygen atoms in total. The van der Waals surface area contributed by atoms with Crippen molar-refractivity contribution >= 4 is 29.1 Å². The molecule has 0 heterocycles. The lowest BCUT2D eigenvalue weighted by Crippen LogP contribution is -2.15. The van der Waals surface area contributed by atoms with Crippen LogP contribution in [0.1, 0.15) is 35.7 Å². The van der Waals surface area contributed by atoms with Crippen LogP contribution in [0.25, 0.3) is 0 Å². The summed E-state index contributed by atoms with van der Waals surface area (Å²) >= 11 is 1.34. The molecule has 126 valence electrons. The van der Waals surface area contributed by atoms with Crippen molar-refractivity contribution < 1.29 is 9.59 Å². The van der Waals surface area contributed by atoms with Crippen molar-refractivity contribution in [2.45, 2.75) is 26.2 Å². The Balaban J connectivity index is 1.72. The van der Waals surface area contributed by atoms with Gasteiger partial charge in [-0.1, -0.05) is 55.8 Å². The van der Waals surface area contributed by atoms with Gasteiger partial charge >= 0.3 is 0 Å². The predicted molar refractivity (Wildman–Crippen MR) is 102 cm³/mol. The molecule has 24 heavy (non-hydrogen) atoms. The zero-order valence-corrected chi connectivity index (χ0v) is 14.8. The quantitative estimate of drug-likeness (QED) is 0.679. The first-order valence-electron chi connectivity index (χ1n) is 8.24. The first-order valence-corrected chi connectivity index (χ1v) is 9.39. The van der Waals surface area contributed by atoms with Crippen molar-refractivity contribution in [2.24, 2.45) is 0 Å². The molecule has 0 saturated carbocycles. The van der Waals surface area contributed by atoms with Crippen LogP contribution in [0.4, 0.5) is 5.69 Å². The Labute approximate surface area is 147 Å². The maximum atomic E-state index is 12.0. The molecule has 0 bridgehead atoms. The fraction of sp³-hybridized carbons (Fsp3) is 0.300. The maximum absolute atomic E-state index is 12.0. The van der Waals surface area contributed by atoms with Gasteiger partial charge in [0.1, 0.15) is 0 Å². The van der Waals surface area contributed by atoms with Gasteiger partial charge in [-0.15, -0.1) is 11.8 Å². The minimum atomic E-state index is -0.0813. The Kier molecular flexibility index (Phi) is 7.56. The maximum Gasteiger partial charge on any atom is 0.234 e. The highest BCUT2D eigenvalue weighted by Crippen LogP contribution is 2.13. The van der Waals surface area contributed by atoms with Crippen molar-refractivity contribution in [3.05, 3.63) is 65.7 Å². The monoisotopic (exact) mass is 341 g/mol. The molecule has 0 fully saturated rings. The average Bonchev–Trinajstić information content (AvgIpc) is 2.62. The summed E-state index contributed by atoms with van der Waals surface area (Å²) in [6, 6.07) is 17.1. The molecule has 0 saturated heterocycles. The number of hydrogen-bond acceptors (Lipinski definition) is 3. The number of rotatable bonds is 9. The standard InChI is InChI=1S/C20H23NO2S/c1-2-3-7-16-10-12-18(13-11-16)21-20(23)15-24-14-19(22)17-8-5-4-6-9-17/h4-6,8-13H,2-3,7,14-15H2,1H3,(H,21,23). The lowest BCUT2D eigenvalue weighted by atomic mass is 10.1.